The number of hydrogen-bond acceptors (Lipinski definition) is 1. The molecule has 0 aliphatic carbocycles. The number of hydrogen-bond donors (Lipinski definition) is 0. The van der Waals surface area contributed by atoms with Gasteiger partial charge in [-0.2, -0.15) is 0 Å². The van der Waals surface area contributed by atoms with Crippen LogP contribution in [0.3, 0.4) is 0 Å². The Morgan fingerprint density at radius 3 is 2.71 bits per heavy atom. The van der Waals surface area contributed by atoms with Crippen molar-refractivity contribution in [3.63, 3.8) is 0 Å². The normalized spacial score (nSPS) is 9.43. The molecule has 0 aromatic carbocycles. The molecule has 1 heterocycles. The largest absolute Gasteiger partial charge is 0.452 e. The maximum absolute atomic E-state index is 5.34. The number of aryl methyl sites for hydroxylation is 1. The van der Waals surface area contributed by atoms with Crippen LogP contribution < -0.4 is 0 Å². The van der Waals surface area contributed by atoms with Crippen molar-refractivity contribution in [1.29, 1.82) is 0 Å². The molecule has 0 saturated carbocycles. The van der Waals surface area contributed by atoms with Crippen LogP contribution in [-0.2, 0) is 0 Å². The van der Waals surface area contributed by atoms with Crippen molar-refractivity contribution in [3.05, 3.63) is 23.1 Å². The van der Waals surface area contributed by atoms with Crippen LogP contribution >= 0.6 is 11.6 Å². The fourth-order valence-electron chi connectivity index (χ4n) is 0.354. The smallest absolute Gasteiger partial charge is 0.201 e. The summed E-state index contributed by atoms with van der Waals surface area (Å²) in [6.45, 7) is 1.87. The fraction of sp³-hybridized carbons (Fsp3) is 0.200. The molecular weight excluding hydrogens is 112 g/mol. The Bertz CT molecular complexity index is 140. The lowest BCUT2D eigenvalue weighted by Crippen LogP contribution is -1.51. The second-order valence-corrected chi connectivity index (χ2v) is 1.66. The molecule has 0 N–H and O–H groups in total. The Kier molecular flexibility index (Phi) is 1.07. The summed E-state index contributed by atoms with van der Waals surface area (Å²) in [5, 5.41) is 0.331. The van der Waals surface area contributed by atoms with E-state index in [0.29, 0.717) is 5.22 Å². The van der Waals surface area contributed by atoms with Gasteiger partial charge < -0.3 is 4.42 Å². The zero-order chi connectivity index (χ0) is 5.28. The van der Waals surface area contributed by atoms with Crippen molar-refractivity contribution in [3.8, 4) is 0 Å². The topological polar surface area (TPSA) is 13.1 Å². The Morgan fingerprint density at radius 1 is 1.86 bits per heavy atom. The van der Waals surface area contributed by atoms with Gasteiger partial charge in [-0.1, -0.05) is 0 Å². The van der Waals surface area contributed by atoms with Crippen LogP contribution in [0.1, 0.15) is 5.56 Å². The molecule has 0 aliphatic heterocycles. The van der Waals surface area contributed by atoms with E-state index < -0.39 is 0 Å². The van der Waals surface area contributed by atoms with Crippen molar-refractivity contribution in [2.75, 3.05) is 0 Å². The Labute approximate surface area is 46.9 Å². The molecule has 0 amide bonds. The average Bonchev–Trinajstić information content (AvgIpc) is 1.87. The molecule has 0 atom stereocenters. The molecule has 1 radical (unpaired) electrons. The number of halogens is 1. The van der Waals surface area contributed by atoms with Gasteiger partial charge in [0, 0.05) is 6.07 Å². The van der Waals surface area contributed by atoms with Gasteiger partial charge in [-0.3, -0.25) is 0 Å². The summed E-state index contributed by atoms with van der Waals surface area (Å²) in [4.78, 5) is 0. The number of furan rings is 1. The zero-order valence-electron chi connectivity index (χ0n) is 3.86. The van der Waals surface area contributed by atoms with Crippen molar-refractivity contribution in [1.82, 2.24) is 0 Å². The van der Waals surface area contributed by atoms with E-state index in [4.69, 9.17) is 11.6 Å². The highest BCUT2D eigenvalue weighted by atomic mass is 35.5. The maximum Gasteiger partial charge on any atom is 0.201 e. The first-order valence-electron chi connectivity index (χ1n) is 1.92. The van der Waals surface area contributed by atoms with Gasteiger partial charge in [0.1, 0.15) is 0 Å². The SMILES string of the molecule is Cc1[c]c(Cl)oc1. The summed E-state index contributed by atoms with van der Waals surface area (Å²) < 4.78 is 4.67. The van der Waals surface area contributed by atoms with Crippen molar-refractivity contribution in [2.45, 2.75) is 6.92 Å². The highest BCUT2D eigenvalue weighted by molar-refractivity contribution is 6.28. The molecule has 0 bridgehead atoms. The Morgan fingerprint density at radius 2 is 2.57 bits per heavy atom. The average molecular weight is 116 g/mol. The molecule has 1 aromatic rings. The second-order valence-electron chi connectivity index (χ2n) is 1.32. The zero-order valence-corrected chi connectivity index (χ0v) is 4.62. The molecule has 0 unspecified atom stereocenters. The second kappa shape index (κ2) is 1.58. The molecule has 0 aliphatic rings. The summed E-state index contributed by atoms with van der Waals surface area (Å²) in [5.41, 5.74) is 0.935. The van der Waals surface area contributed by atoms with Crippen LogP contribution in [0.2, 0.25) is 5.22 Å². The molecule has 7 heavy (non-hydrogen) atoms. The van der Waals surface area contributed by atoms with Gasteiger partial charge in [0.25, 0.3) is 0 Å². The molecule has 1 rings (SSSR count). The molecule has 0 fully saturated rings. The van der Waals surface area contributed by atoms with Gasteiger partial charge in [0.15, 0.2) is 0 Å². The third-order valence-electron chi connectivity index (χ3n) is 0.635. The van der Waals surface area contributed by atoms with Gasteiger partial charge in [0.2, 0.25) is 5.22 Å². The van der Waals surface area contributed by atoms with Crippen LogP contribution in [0.15, 0.2) is 10.7 Å². The van der Waals surface area contributed by atoms with Gasteiger partial charge in [-0.25, -0.2) is 0 Å². The summed E-state index contributed by atoms with van der Waals surface area (Å²) in [6, 6.07) is 2.74. The van der Waals surface area contributed by atoms with E-state index in [1.54, 1.807) is 6.26 Å². The van der Waals surface area contributed by atoms with E-state index in [1.165, 1.54) is 0 Å². The van der Waals surface area contributed by atoms with Crippen molar-refractivity contribution >= 4 is 11.6 Å². The first-order valence-corrected chi connectivity index (χ1v) is 2.30. The van der Waals surface area contributed by atoms with Crippen molar-refractivity contribution < 1.29 is 4.42 Å². The third-order valence-corrected chi connectivity index (χ3v) is 0.818. The van der Waals surface area contributed by atoms with Crippen LogP contribution in [0.4, 0.5) is 0 Å². The van der Waals surface area contributed by atoms with Crippen LogP contribution in [0.25, 0.3) is 0 Å². The first kappa shape index (κ1) is 4.72. The van der Waals surface area contributed by atoms with Crippen LogP contribution in [0.5, 0.6) is 0 Å². The van der Waals surface area contributed by atoms with E-state index in [1.807, 2.05) is 6.92 Å². The van der Waals surface area contributed by atoms with Crippen LogP contribution in [0, 0.1) is 13.0 Å². The standard InChI is InChI=1S/C5H4ClO/c1-4-2-5(6)7-3-4/h3H,1H3. The predicted molar refractivity (Wildman–Crippen MR) is 27.3 cm³/mol. The lowest BCUT2D eigenvalue weighted by molar-refractivity contribution is 0.567. The first-order chi connectivity index (χ1) is 3.29. The van der Waals surface area contributed by atoms with Gasteiger partial charge in [0.05, 0.1) is 6.26 Å². The van der Waals surface area contributed by atoms with Gasteiger partial charge >= 0.3 is 0 Å². The molecule has 0 spiro atoms. The van der Waals surface area contributed by atoms with Gasteiger partial charge in [-0.05, 0) is 24.1 Å². The molecular formula is C5H4ClO. The van der Waals surface area contributed by atoms with Gasteiger partial charge in [-0.15, -0.1) is 0 Å². The molecule has 0 saturated heterocycles. The Hall–Kier alpha value is -0.430. The fourth-order valence-corrected chi connectivity index (χ4v) is 0.548. The summed E-state index contributed by atoms with van der Waals surface area (Å²) in [5.74, 6) is 0. The summed E-state index contributed by atoms with van der Waals surface area (Å²) in [7, 11) is 0. The highest BCUT2D eigenvalue weighted by Crippen LogP contribution is 2.09. The van der Waals surface area contributed by atoms with Crippen molar-refractivity contribution in [2.24, 2.45) is 0 Å². The summed E-state index contributed by atoms with van der Waals surface area (Å²) >= 11 is 5.34. The van der Waals surface area contributed by atoms with Crippen LogP contribution in [-0.4, -0.2) is 0 Å². The minimum absolute atomic E-state index is 0.331. The summed E-state index contributed by atoms with van der Waals surface area (Å²) in [6.07, 6.45) is 1.56. The van der Waals surface area contributed by atoms with E-state index in [9.17, 15) is 0 Å². The van der Waals surface area contributed by atoms with E-state index >= 15 is 0 Å². The van der Waals surface area contributed by atoms with E-state index in [2.05, 4.69) is 10.5 Å². The lowest BCUT2D eigenvalue weighted by Gasteiger charge is -1.64. The predicted octanol–water partition coefficient (Wildman–Crippen LogP) is 2.04. The Balaban J connectivity index is 3.04. The van der Waals surface area contributed by atoms with E-state index in [0.717, 1.165) is 5.56 Å². The quantitative estimate of drug-likeness (QED) is 0.504. The highest BCUT2D eigenvalue weighted by Gasteiger charge is 1.89. The monoisotopic (exact) mass is 115 g/mol. The third kappa shape index (κ3) is 0.967. The molecule has 1 nitrogen and oxygen atoms in total. The minimum Gasteiger partial charge on any atom is -0.452 e. The number of rotatable bonds is 0. The molecule has 37 valence electrons. The maximum atomic E-state index is 5.34. The molecule has 2 heteroatoms. The van der Waals surface area contributed by atoms with E-state index in [-0.39, 0.29) is 0 Å². The lowest BCUT2D eigenvalue weighted by atomic mass is 10.4. The minimum atomic E-state index is 0.331. The molecule has 1 aromatic heterocycles.